The summed E-state index contributed by atoms with van der Waals surface area (Å²) in [5.74, 6) is -0.865. The third-order valence-corrected chi connectivity index (χ3v) is 4.25. The Kier molecular flexibility index (Phi) is 6.29. The van der Waals surface area contributed by atoms with Gasteiger partial charge in [0.1, 0.15) is 5.82 Å². The highest BCUT2D eigenvalue weighted by Crippen LogP contribution is 2.30. The number of nitrogens with zero attached hydrogens (tertiary/aromatic N) is 2. The molecule has 0 aliphatic carbocycles. The van der Waals surface area contributed by atoms with Gasteiger partial charge in [0.05, 0.1) is 11.3 Å². The van der Waals surface area contributed by atoms with Crippen molar-refractivity contribution in [2.24, 2.45) is 0 Å². The lowest BCUT2D eigenvalue weighted by Crippen LogP contribution is -2.23. The summed E-state index contributed by atoms with van der Waals surface area (Å²) < 4.78 is 52.5. The second-order valence-corrected chi connectivity index (χ2v) is 6.52. The Morgan fingerprint density at radius 2 is 1.77 bits per heavy atom. The lowest BCUT2D eigenvalue weighted by atomic mass is 10.1. The summed E-state index contributed by atoms with van der Waals surface area (Å²) in [6.45, 7) is 0.143. The Hall–Kier alpha value is -3.49. The predicted molar refractivity (Wildman–Crippen MR) is 103 cm³/mol. The van der Waals surface area contributed by atoms with E-state index in [2.05, 4.69) is 10.4 Å². The first-order valence-corrected chi connectivity index (χ1v) is 9.03. The van der Waals surface area contributed by atoms with E-state index < -0.39 is 17.6 Å². The van der Waals surface area contributed by atoms with Gasteiger partial charge < -0.3 is 5.32 Å². The van der Waals surface area contributed by atoms with Crippen molar-refractivity contribution in [3.63, 3.8) is 0 Å². The van der Waals surface area contributed by atoms with Crippen LogP contribution >= 0.6 is 0 Å². The molecule has 0 aliphatic rings. The van der Waals surface area contributed by atoms with Gasteiger partial charge in [0.15, 0.2) is 0 Å². The maximum atomic E-state index is 13.1. The Morgan fingerprint density at radius 3 is 2.47 bits per heavy atom. The van der Waals surface area contributed by atoms with E-state index in [1.165, 1.54) is 53.2 Å². The first kappa shape index (κ1) is 21.2. The van der Waals surface area contributed by atoms with E-state index in [0.717, 1.165) is 12.1 Å². The van der Waals surface area contributed by atoms with E-state index in [1.54, 1.807) is 0 Å². The summed E-state index contributed by atoms with van der Waals surface area (Å²) in [6.07, 6.45) is -4.25. The van der Waals surface area contributed by atoms with Crippen LogP contribution in [0.2, 0.25) is 0 Å². The number of anilines is 1. The molecule has 2 aromatic carbocycles. The molecule has 0 atom stereocenters. The minimum Gasteiger partial charge on any atom is -0.326 e. The third-order valence-electron chi connectivity index (χ3n) is 4.25. The van der Waals surface area contributed by atoms with Crippen molar-refractivity contribution in [1.82, 2.24) is 9.78 Å². The number of carbonyl (C=O) groups is 1. The molecule has 1 heterocycles. The first-order chi connectivity index (χ1) is 14.2. The molecule has 0 bridgehead atoms. The maximum Gasteiger partial charge on any atom is 0.416 e. The summed E-state index contributed by atoms with van der Waals surface area (Å²) in [5.41, 5.74) is -0.0633. The average molecular weight is 419 g/mol. The van der Waals surface area contributed by atoms with Crippen LogP contribution in [-0.2, 0) is 17.5 Å². The smallest absolute Gasteiger partial charge is 0.326 e. The van der Waals surface area contributed by atoms with E-state index in [1.807, 2.05) is 0 Å². The topological polar surface area (TPSA) is 64.0 Å². The summed E-state index contributed by atoms with van der Waals surface area (Å²) in [5, 5.41) is 6.63. The molecular formula is C21H17F4N3O2. The zero-order valence-electron chi connectivity index (χ0n) is 15.6. The van der Waals surface area contributed by atoms with Crippen LogP contribution in [0.5, 0.6) is 0 Å². The number of aromatic nitrogens is 2. The fraction of sp³-hybridized carbons (Fsp3) is 0.190. The number of hydrogen-bond donors (Lipinski definition) is 1. The van der Waals surface area contributed by atoms with Gasteiger partial charge in [0.2, 0.25) is 5.91 Å². The summed E-state index contributed by atoms with van der Waals surface area (Å²) >= 11 is 0. The van der Waals surface area contributed by atoms with Crippen LogP contribution in [0.15, 0.2) is 65.5 Å². The molecule has 0 saturated heterocycles. The van der Waals surface area contributed by atoms with Crippen molar-refractivity contribution in [2.75, 3.05) is 5.32 Å². The Labute approximate surface area is 169 Å². The SMILES string of the molecule is O=C(CCCn1nc(-c2ccc(F)cc2)ccc1=O)Nc1cccc(C(F)(F)F)c1. The maximum absolute atomic E-state index is 13.1. The van der Waals surface area contributed by atoms with Crippen LogP contribution < -0.4 is 10.9 Å². The van der Waals surface area contributed by atoms with Crippen LogP contribution in [-0.4, -0.2) is 15.7 Å². The third kappa shape index (κ3) is 5.53. The average Bonchev–Trinajstić information content (AvgIpc) is 2.69. The van der Waals surface area contributed by atoms with Gasteiger partial charge in [-0.25, -0.2) is 9.07 Å². The summed E-state index contributed by atoms with van der Waals surface area (Å²) in [6, 6.07) is 12.8. The zero-order valence-corrected chi connectivity index (χ0v) is 15.6. The van der Waals surface area contributed by atoms with E-state index in [-0.39, 0.29) is 36.5 Å². The van der Waals surface area contributed by atoms with E-state index in [9.17, 15) is 27.2 Å². The fourth-order valence-corrected chi connectivity index (χ4v) is 2.77. The molecule has 0 aliphatic heterocycles. The molecule has 0 radical (unpaired) electrons. The number of halogens is 4. The van der Waals surface area contributed by atoms with Crippen LogP contribution in [0.25, 0.3) is 11.3 Å². The van der Waals surface area contributed by atoms with Crippen LogP contribution in [0.3, 0.4) is 0 Å². The highest BCUT2D eigenvalue weighted by atomic mass is 19.4. The van der Waals surface area contributed by atoms with Crippen molar-refractivity contribution in [2.45, 2.75) is 25.6 Å². The number of rotatable bonds is 6. The monoisotopic (exact) mass is 419 g/mol. The number of amides is 1. The number of hydrogen-bond acceptors (Lipinski definition) is 3. The minimum atomic E-state index is -4.50. The van der Waals surface area contributed by atoms with Crippen molar-refractivity contribution in [3.05, 3.63) is 82.4 Å². The van der Waals surface area contributed by atoms with Gasteiger partial charge >= 0.3 is 6.18 Å². The van der Waals surface area contributed by atoms with Crippen molar-refractivity contribution >= 4 is 11.6 Å². The van der Waals surface area contributed by atoms with Crippen molar-refractivity contribution in [3.8, 4) is 11.3 Å². The standard InChI is InChI=1S/C21H17F4N3O2/c22-16-8-6-14(7-9-16)18-10-11-20(30)28(27-18)12-2-5-19(29)26-17-4-1-3-15(13-17)21(23,24)25/h1,3-4,6-11,13H,2,5,12H2,(H,26,29). The molecule has 1 aromatic heterocycles. The minimum absolute atomic E-state index is 0.00879. The van der Waals surface area contributed by atoms with Crippen molar-refractivity contribution < 1.29 is 22.4 Å². The molecule has 0 spiro atoms. The first-order valence-electron chi connectivity index (χ1n) is 9.03. The number of carbonyl (C=O) groups excluding carboxylic acids is 1. The molecule has 3 aromatic rings. The molecular weight excluding hydrogens is 402 g/mol. The second-order valence-electron chi connectivity index (χ2n) is 6.52. The molecule has 3 rings (SSSR count). The van der Waals surface area contributed by atoms with E-state index in [0.29, 0.717) is 11.3 Å². The highest BCUT2D eigenvalue weighted by molar-refractivity contribution is 5.90. The van der Waals surface area contributed by atoms with Crippen LogP contribution in [0.1, 0.15) is 18.4 Å². The molecule has 0 fully saturated rings. The Balaban J connectivity index is 1.60. The Morgan fingerprint density at radius 1 is 1.03 bits per heavy atom. The lowest BCUT2D eigenvalue weighted by Gasteiger charge is -2.10. The molecule has 9 heteroatoms. The fourth-order valence-electron chi connectivity index (χ4n) is 2.77. The molecule has 5 nitrogen and oxygen atoms in total. The predicted octanol–water partition coefficient (Wildman–Crippen LogP) is 4.49. The number of benzene rings is 2. The molecule has 0 unspecified atom stereocenters. The molecule has 30 heavy (non-hydrogen) atoms. The zero-order chi connectivity index (χ0) is 21.7. The van der Waals surface area contributed by atoms with Gasteiger partial charge in [-0.3, -0.25) is 9.59 Å². The van der Waals surface area contributed by atoms with Gasteiger partial charge in [0.25, 0.3) is 5.56 Å². The molecule has 0 saturated carbocycles. The number of aryl methyl sites for hydroxylation is 1. The van der Waals surface area contributed by atoms with Crippen molar-refractivity contribution in [1.29, 1.82) is 0 Å². The summed E-state index contributed by atoms with van der Waals surface area (Å²) in [4.78, 5) is 24.0. The van der Waals surface area contributed by atoms with E-state index in [4.69, 9.17) is 0 Å². The molecule has 1 amide bonds. The highest BCUT2D eigenvalue weighted by Gasteiger charge is 2.30. The van der Waals surface area contributed by atoms with Crippen LogP contribution in [0.4, 0.5) is 23.2 Å². The van der Waals surface area contributed by atoms with E-state index >= 15 is 0 Å². The number of alkyl halides is 3. The summed E-state index contributed by atoms with van der Waals surface area (Å²) in [7, 11) is 0. The quantitative estimate of drug-likeness (QED) is 0.599. The molecule has 156 valence electrons. The van der Waals surface area contributed by atoms with Gasteiger partial charge in [-0.05, 0) is 55.0 Å². The van der Waals surface area contributed by atoms with Crippen LogP contribution in [0, 0.1) is 5.82 Å². The molecule has 1 N–H and O–H groups in total. The largest absolute Gasteiger partial charge is 0.416 e. The lowest BCUT2D eigenvalue weighted by molar-refractivity contribution is -0.137. The van der Waals surface area contributed by atoms with Gasteiger partial charge in [-0.1, -0.05) is 6.07 Å². The Bertz CT molecular complexity index is 1090. The van der Waals surface area contributed by atoms with Gasteiger partial charge in [-0.2, -0.15) is 18.3 Å². The second kappa shape index (κ2) is 8.89. The number of nitrogens with one attached hydrogen (secondary N) is 1. The van der Waals surface area contributed by atoms with Gasteiger partial charge in [0, 0.05) is 30.3 Å². The van der Waals surface area contributed by atoms with Gasteiger partial charge in [-0.15, -0.1) is 0 Å². The normalized spacial score (nSPS) is 11.3.